The van der Waals surface area contributed by atoms with Crippen molar-refractivity contribution >= 4 is 0 Å². The zero-order valence-electron chi connectivity index (χ0n) is 13.2. The van der Waals surface area contributed by atoms with Gasteiger partial charge in [-0.2, -0.15) is 0 Å². The van der Waals surface area contributed by atoms with Crippen molar-refractivity contribution in [3.05, 3.63) is 23.2 Å². The summed E-state index contributed by atoms with van der Waals surface area (Å²) in [5.74, 6) is 2.14. The molecule has 20 heavy (non-hydrogen) atoms. The summed E-state index contributed by atoms with van der Waals surface area (Å²) in [5.41, 5.74) is 1.25. The molecule has 1 saturated heterocycles. The van der Waals surface area contributed by atoms with Crippen molar-refractivity contribution in [2.45, 2.75) is 59.4 Å². The van der Waals surface area contributed by atoms with Gasteiger partial charge in [0.05, 0.1) is 25.8 Å². The van der Waals surface area contributed by atoms with Gasteiger partial charge in [0, 0.05) is 12.6 Å². The van der Waals surface area contributed by atoms with Gasteiger partial charge in [0.1, 0.15) is 11.5 Å². The maximum Gasteiger partial charge on any atom is 0.120 e. The lowest BCUT2D eigenvalue weighted by Gasteiger charge is -2.37. The number of hydrogen-bond acceptors (Lipinski definition) is 4. The SMILES string of the molecule is CCNCc1oc(CN2CC(C)OCC2CC)cc1C. The minimum atomic E-state index is 0.315. The van der Waals surface area contributed by atoms with Crippen LogP contribution in [0.1, 0.15) is 44.3 Å². The standard InChI is InChI=1S/C16H28N2O2/c1-5-14-11-19-13(4)9-18(14)10-15-7-12(3)16(20-15)8-17-6-2/h7,13-14,17H,5-6,8-11H2,1-4H3. The van der Waals surface area contributed by atoms with Crippen LogP contribution < -0.4 is 5.32 Å². The maximum absolute atomic E-state index is 6.00. The fraction of sp³-hybridized carbons (Fsp3) is 0.750. The number of furan rings is 1. The molecule has 2 heterocycles. The predicted molar refractivity (Wildman–Crippen MR) is 80.7 cm³/mol. The first-order chi connectivity index (χ1) is 9.63. The first-order valence-electron chi connectivity index (χ1n) is 7.78. The molecule has 0 amide bonds. The number of ether oxygens (including phenoxy) is 1. The highest BCUT2D eigenvalue weighted by Gasteiger charge is 2.26. The van der Waals surface area contributed by atoms with Crippen molar-refractivity contribution in [3.63, 3.8) is 0 Å². The van der Waals surface area contributed by atoms with Crippen LogP contribution in [0.25, 0.3) is 0 Å². The van der Waals surface area contributed by atoms with Gasteiger partial charge in [0.25, 0.3) is 0 Å². The van der Waals surface area contributed by atoms with Crippen LogP contribution in [0.2, 0.25) is 0 Å². The molecule has 2 rings (SSSR count). The van der Waals surface area contributed by atoms with Crippen molar-refractivity contribution in [1.29, 1.82) is 0 Å². The molecule has 0 aliphatic carbocycles. The molecule has 1 N–H and O–H groups in total. The Morgan fingerprint density at radius 1 is 1.40 bits per heavy atom. The largest absolute Gasteiger partial charge is 0.463 e. The van der Waals surface area contributed by atoms with Gasteiger partial charge in [-0.1, -0.05) is 13.8 Å². The van der Waals surface area contributed by atoms with E-state index >= 15 is 0 Å². The predicted octanol–water partition coefficient (Wildman–Crippen LogP) is 2.70. The number of rotatable bonds is 6. The Labute approximate surface area is 122 Å². The average molecular weight is 280 g/mol. The summed E-state index contributed by atoms with van der Waals surface area (Å²) in [6, 6.07) is 2.69. The Morgan fingerprint density at radius 2 is 2.20 bits per heavy atom. The highest BCUT2D eigenvalue weighted by molar-refractivity contribution is 5.20. The Hall–Kier alpha value is -0.840. The summed E-state index contributed by atoms with van der Waals surface area (Å²) in [5, 5.41) is 3.32. The molecule has 1 aliphatic heterocycles. The van der Waals surface area contributed by atoms with E-state index in [4.69, 9.17) is 9.15 Å². The van der Waals surface area contributed by atoms with E-state index in [0.29, 0.717) is 12.1 Å². The second kappa shape index (κ2) is 7.25. The molecule has 1 aromatic heterocycles. The molecule has 0 bridgehead atoms. The van der Waals surface area contributed by atoms with Gasteiger partial charge >= 0.3 is 0 Å². The van der Waals surface area contributed by atoms with Crippen LogP contribution >= 0.6 is 0 Å². The quantitative estimate of drug-likeness (QED) is 0.869. The second-order valence-corrected chi connectivity index (χ2v) is 5.73. The van der Waals surface area contributed by atoms with Gasteiger partial charge in [-0.15, -0.1) is 0 Å². The third-order valence-electron chi connectivity index (χ3n) is 4.02. The smallest absolute Gasteiger partial charge is 0.120 e. The van der Waals surface area contributed by atoms with Crippen molar-refractivity contribution in [2.75, 3.05) is 19.7 Å². The van der Waals surface area contributed by atoms with Gasteiger partial charge in [-0.3, -0.25) is 4.90 Å². The molecule has 114 valence electrons. The lowest BCUT2D eigenvalue weighted by atomic mass is 10.1. The molecule has 0 aromatic carbocycles. The summed E-state index contributed by atoms with van der Waals surface area (Å²) >= 11 is 0. The summed E-state index contributed by atoms with van der Waals surface area (Å²) in [7, 11) is 0. The van der Waals surface area contributed by atoms with Crippen LogP contribution in [0.4, 0.5) is 0 Å². The number of morpholine rings is 1. The third-order valence-corrected chi connectivity index (χ3v) is 4.02. The second-order valence-electron chi connectivity index (χ2n) is 5.73. The van der Waals surface area contributed by atoms with Crippen LogP contribution in [0, 0.1) is 6.92 Å². The number of nitrogens with one attached hydrogen (secondary N) is 1. The summed E-state index contributed by atoms with van der Waals surface area (Å²) in [6.45, 7) is 13.1. The van der Waals surface area contributed by atoms with E-state index in [-0.39, 0.29) is 0 Å². The van der Waals surface area contributed by atoms with E-state index in [2.05, 4.69) is 44.0 Å². The maximum atomic E-state index is 6.00. The highest BCUT2D eigenvalue weighted by atomic mass is 16.5. The van der Waals surface area contributed by atoms with Gasteiger partial charge in [0.15, 0.2) is 0 Å². The van der Waals surface area contributed by atoms with Crippen molar-refractivity contribution in [2.24, 2.45) is 0 Å². The number of hydrogen-bond donors (Lipinski definition) is 1. The lowest BCUT2D eigenvalue weighted by molar-refractivity contribution is -0.0611. The Balaban J connectivity index is 2.00. The van der Waals surface area contributed by atoms with Crippen LogP contribution in [0.5, 0.6) is 0 Å². The van der Waals surface area contributed by atoms with Crippen molar-refractivity contribution in [1.82, 2.24) is 10.2 Å². The van der Waals surface area contributed by atoms with E-state index in [1.807, 2.05) is 0 Å². The van der Waals surface area contributed by atoms with Gasteiger partial charge < -0.3 is 14.5 Å². The molecule has 2 unspecified atom stereocenters. The van der Waals surface area contributed by atoms with Crippen LogP contribution in [-0.4, -0.2) is 36.7 Å². The first-order valence-corrected chi connectivity index (χ1v) is 7.78. The molecule has 0 radical (unpaired) electrons. The average Bonchev–Trinajstić information content (AvgIpc) is 2.77. The minimum Gasteiger partial charge on any atom is -0.463 e. The van der Waals surface area contributed by atoms with Gasteiger partial charge in [-0.05, 0) is 38.4 Å². The normalized spacial score (nSPS) is 24.2. The fourth-order valence-electron chi connectivity index (χ4n) is 2.76. The lowest BCUT2D eigenvalue weighted by Crippen LogP contribution is -2.47. The monoisotopic (exact) mass is 280 g/mol. The van der Waals surface area contributed by atoms with Gasteiger partial charge in [0.2, 0.25) is 0 Å². The van der Waals surface area contributed by atoms with E-state index in [1.165, 1.54) is 5.56 Å². The topological polar surface area (TPSA) is 37.6 Å². The number of nitrogens with zero attached hydrogens (tertiary/aromatic N) is 1. The molecule has 4 nitrogen and oxygen atoms in total. The number of aryl methyl sites for hydroxylation is 1. The summed E-state index contributed by atoms with van der Waals surface area (Å²) in [4.78, 5) is 2.49. The van der Waals surface area contributed by atoms with Crippen molar-refractivity contribution < 1.29 is 9.15 Å². The van der Waals surface area contributed by atoms with E-state index in [9.17, 15) is 0 Å². The molecular formula is C16H28N2O2. The van der Waals surface area contributed by atoms with E-state index in [0.717, 1.165) is 50.7 Å². The van der Waals surface area contributed by atoms with E-state index in [1.54, 1.807) is 0 Å². The molecule has 4 heteroatoms. The zero-order valence-corrected chi connectivity index (χ0v) is 13.2. The molecule has 0 saturated carbocycles. The Morgan fingerprint density at radius 3 is 2.90 bits per heavy atom. The van der Waals surface area contributed by atoms with Crippen molar-refractivity contribution in [3.8, 4) is 0 Å². The summed E-state index contributed by atoms with van der Waals surface area (Å²) in [6.07, 6.45) is 1.44. The minimum absolute atomic E-state index is 0.315. The van der Waals surface area contributed by atoms with Gasteiger partial charge in [-0.25, -0.2) is 0 Å². The first kappa shape index (κ1) is 15.5. The van der Waals surface area contributed by atoms with Crippen LogP contribution in [0.15, 0.2) is 10.5 Å². The van der Waals surface area contributed by atoms with E-state index < -0.39 is 0 Å². The molecule has 1 aromatic rings. The molecule has 0 spiro atoms. The highest BCUT2D eigenvalue weighted by Crippen LogP contribution is 2.21. The summed E-state index contributed by atoms with van der Waals surface area (Å²) < 4.78 is 11.8. The molecular weight excluding hydrogens is 252 g/mol. The zero-order chi connectivity index (χ0) is 14.5. The van der Waals surface area contributed by atoms with Crippen LogP contribution in [0.3, 0.4) is 0 Å². The van der Waals surface area contributed by atoms with Crippen LogP contribution in [-0.2, 0) is 17.8 Å². The Bertz CT molecular complexity index is 417. The Kier molecular flexibility index (Phi) is 5.64. The fourth-order valence-corrected chi connectivity index (χ4v) is 2.76. The molecule has 1 fully saturated rings. The molecule has 2 atom stereocenters. The third kappa shape index (κ3) is 3.84. The molecule has 1 aliphatic rings.